The van der Waals surface area contributed by atoms with Crippen LogP contribution in [-0.4, -0.2) is 20.2 Å². The fraction of sp³-hybridized carbons (Fsp3) is 0.238. The average Bonchev–Trinajstić information content (AvgIpc) is 3.15. The van der Waals surface area contributed by atoms with Crippen molar-refractivity contribution in [2.24, 2.45) is 0 Å². The Labute approximate surface area is 166 Å². The SMILES string of the molecule is CCc1ccc2c(CSc3nnnn3-c3cccc(C)c3C)cc(=O)oc2c1. The van der Waals surface area contributed by atoms with Gasteiger partial charge in [-0.05, 0) is 65.1 Å². The normalized spacial score (nSPS) is 11.2. The molecule has 0 unspecified atom stereocenters. The Balaban J connectivity index is 1.67. The van der Waals surface area contributed by atoms with Crippen LogP contribution >= 0.6 is 11.8 Å². The van der Waals surface area contributed by atoms with Crippen molar-refractivity contribution in [3.05, 3.63) is 75.1 Å². The average molecular weight is 392 g/mol. The van der Waals surface area contributed by atoms with Gasteiger partial charge in [0.15, 0.2) is 0 Å². The van der Waals surface area contributed by atoms with E-state index < -0.39 is 0 Å². The van der Waals surface area contributed by atoms with Crippen molar-refractivity contribution in [3.63, 3.8) is 0 Å². The number of nitrogens with zero attached hydrogens (tertiary/aromatic N) is 4. The summed E-state index contributed by atoms with van der Waals surface area (Å²) in [6.07, 6.45) is 0.892. The van der Waals surface area contributed by atoms with Gasteiger partial charge in [-0.3, -0.25) is 0 Å². The second kappa shape index (κ2) is 7.59. The minimum absolute atomic E-state index is 0.342. The van der Waals surface area contributed by atoms with Crippen LogP contribution in [0.15, 0.2) is 56.8 Å². The largest absolute Gasteiger partial charge is 0.423 e. The molecule has 0 fully saturated rings. The monoisotopic (exact) mass is 392 g/mol. The number of fused-ring (bicyclic) bond motifs is 1. The van der Waals surface area contributed by atoms with Gasteiger partial charge in [0, 0.05) is 17.2 Å². The van der Waals surface area contributed by atoms with Gasteiger partial charge in [-0.1, -0.05) is 43.0 Å². The lowest BCUT2D eigenvalue weighted by molar-refractivity contribution is 0.559. The molecule has 0 amide bonds. The molecule has 4 aromatic rings. The van der Waals surface area contributed by atoms with Gasteiger partial charge in [0.2, 0.25) is 5.16 Å². The highest BCUT2D eigenvalue weighted by Gasteiger charge is 2.14. The van der Waals surface area contributed by atoms with Gasteiger partial charge in [-0.2, -0.15) is 4.68 Å². The molecule has 4 rings (SSSR count). The van der Waals surface area contributed by atoms with Crippen LogP contribution in [0.25, 0.3) is 16.7 Å². The summed E-state index contributed by atoms with van der Waals surface area (Å²) in [4.78, 5) is 12.0. The smallest absolute Gasteiger partial charge is 0.336 e. The van der Waals surface area contributed by atoms with E-state index in [1.54, 1.807) is 10.7 Å². The minimum Gasteiger partial charge on any atom is -0.423 e. The second-order valence-electron chi connectivity index (χ2n) is 6.66. The summed E-state index contributed by atoms with van der Waals surface area (Å²) in [5.74, 6) is 0.568. The van der Waals surface area contributed by atoms with Crippen LogP contribution in [-0.2, 0) is 12.2 Å². The van der Waals surface area contributed by atoms with E-state index >= 15 is 0 Å². The number of hydrogen-bond acceptors (Lipinski definition) is 6. The first-order chi connectivity index (χ1) is 13.6. The molecule has 0 aliphatic rings. The molecule has 2 heterocycles. The van der Waals surface area contributed by atoms with Gasteiger partial charge in [0.1, 0.15) is 5.58 Å². The summed E-state index contributed by atoms with van der Waals surface area (Å²) in [5, 5.41) is 13.8. The summed E-state index contributed by atoms with van der Waals surface area (Å²) in [7, 11) is 0. The number of hydrogen-bond donors (Lipinski definition) is 0. The molecule has 2 aromatic carbocycles. The van der Waals surface area contributed by atoms with Gasteiger partial charge in [0.05, 0.1) is 5.69 Å². The zero-order chi connectivity index (χ0) is 19.7. The molecule has 0 N–H and O–H groups in total. The van der Waals surface area contributed by atoms with E-state index in [9.17, 15) is 4.79 Å². The molecule has 142 valence electrons. The van der Waals surface area contributed by atoms with Crippen molar-refractivity contribution in [2.75, 3.05) is 0 Å². The third-order valence-electron chi connectivity index (χ3n) is 4.90. The predicted octanol–water partition coefficient (Wildman–Crippen LogP) is 4.24. The zero-order valence-electron chi connectivity index (χ0n) is 16.0. The van der Waals surface area contributed by atoms with Crippen LogP contribution in [0.4, 0.5) is 0 Å². The van der Waals surface area contributed by atoms with Gasteiger partial charge in [-0.25, -0.2) is 4.79 Å². The van der Waals surface area contributed by atoms with Crippen LogP contribution in [0.1, 0.15) is 29.2 Å². The van der Waals surface area contributed by atoms with Crippen molar-refractivity contribution in [1.29, 1.82) is 0 Å². The lowest BCUT2D eigenvalue weighted by Crippen LogP contribution is -2.03. The Hall–Kier alpha value is -2.93. The zero-order valence-corrected chi connectivity index (χ0v) is 16.8. The Morgan fingerprint density at radius 2 is 2.00 bits per heavy atom. The van der Waals surface area contributed by atoms with Crippen LogP contribution in [0, 0.1) is 13.8 Å². The summed E-state index contributed by atoms with van der Waals surface area (Å²) in [6.45, 7) is 6.20. The Kier molecular flexibility index (Phi) is 5.00. The van der Waals surface area contributed by atoms with Gasteiger partial charge < -0.3 is 4.42 Å². The maximum absolute atomic E-state index is 12.0. The highest BCUT2D eigenvalue weighted by atomic mass is 32.2. The molecule has 0 atom stereocenters. The molecule has 2 aromatic heterocycles. The molecule has 6 nitrogen and oxygen atoms in total. The van der Waals surface area contributed by atoms with Crippen LogP contribution in [0.5, 0.6) is 0 Å². The van der Waals surface area contributed by atoms with E-state index in [-0.39, 0.29) is 5.63 Å². The van der Waals surface area contributed by atoms with Crippen molar-refractivity contribution in [3.8, 4) is 5.69 Å². The van der Waals surface area contributed by atoms with Crippen LogP contribution < -0.4 is 5.63 Å². The van der Waals surface area contributed by atoms with E-state index in [2.05, 4.69) is 48.4 Å². The number of aryl methyl sites for hydroxylation is 2. The lowest BCUT2D eigenvalue weighted by atomic mass is 10.1. The minimum atomic E-state index is -0.342. The Bertz CT molecular complexity index is 1210. The summed E-state index contributed by atoms with van der Waals surface area (Å²) in [5.41, 5.74) is 5.60. The number of tetrazole rings is 1. The standard InChI is InChI=1S/C21H20N4O2S/c1-4-15-8-9-17-16(11-20(26)27-19(17)10-15)12-28-21-22-23-24-25(21)18-7-5-6-13(2)14(18)3/h5-11H,4,12H2,1-3H3. The van der Waals surface area contributed by atoms with Crippen LogP contribution in [0.2, 0.25) is 0 Å². The number of aromatic nitrogens is 4. The van der Waals surface area contributed by atoms with E-state index in [1.807, 2.05) is 24.3 Å². The number of rotatable bonds is 5. The third kappa shape index (κ3) is 3.45. The molecular weight excluding hydrogens is 372 g/mol. The molecule has 0 aliphatic carbocycles. The lowest BCUT2D eigenvalue weighted by Gasteiger charge is -2.10. The van der Waals surface area contributed by atoms with Crippen LogP contribution in [0.3, 0.4) is 0 Å². The molecule has 0 spiro atoms. The maximum Gasteiger partial charge on any atom is 0.336 e. The van der Waals surface area contributed by atoms with E-state index in [1.165, 1.54) is 17.3 Å². The third-order valence-corrected chi connectivity index (χ3v) is 5.87. The summed E-state index contributed by atoms with van der Waals surface area (Å²) >= 11 is 1.50. The predicted molar refractivity (Wildman–Crippen MR) is 110 cm³/mol. The van der Waals surface area contributed by atoms with Gasteiger partial charge in [0.25, 0.3) is 0 Å². The summed E-state index contributed by atoms with van der Waals surface area (Å²) < 4.78 is 7.14. The highest BCUT2D eigenvalue weighted by molar-refractivity contribution is 7.98. The van der Waals surface area contributed by atoms with Gasteiger partial charge >= 0.3 is 5.63 Å². The Morgan fingerprint density at radius 1 is 1.14 bits per heavy atom. The molecular formula is C21H20N4O2S. The van der Waals surface area contributed by atoms with E-state index in [0.717, 1.165) is 34.2 Å². The molecule has 0 bridgehead atoms. The second-order valence-corrected chi connectivity index (χ2v) is 7.60. The first-order valence-corrected chi connectivity index (χ1v) is 10.1. The maximum atomic E-state index is 12.0. The van der Waals surface area contributed by atoms with Crippen molar-refractivity contribution in [2.45, 2.75) is 38.1 Å². The molecule has 0 saturated heterocycles. The van der Waals surface area contributed by atoms with Crippen molar-refractivity contribution >= 4 is 22.7 Å². The molecule has 0 saturated carbocycles. The fourth-order valence-corrected chi connectivity index (χ4v) is 4.02. The molecule has 28 heavy (non-hydrogen) atoms. The van der Waals surface area contributed by atoms with E-state index in [4.69, 9.17) is 4.42 Å². The number of thioether (sulfide) groups is 1. The first kappa shape index (κ1) is 18.4. The molecule has 0 radical (unpaired) electrons. The Morgan fingerprint density at radius 3 is 2.82 bits per heavy atom. The highest BCUT2D eigenvalue weighted by Crippen LogP contribution is 2.28. The van der Waals surface area contributed by atoms with Crippen molar-refractivity contribution < 1.29 is 4.42 Å². The summed E-state index contributed by atoms with van der Waals surface area (Å²) in [6, 6.07) is 13.6. The molecule has 7 heteroatoms. The first-order valence-electron chi connectivity index (χ1n) is 9.10. The van der Waals surface area contributed by atoms with Crippen molar-refractivity contribution in [1.82, 2.24) is 20.2 Å². The van der Waals surface area contributed by atoms with Gasteiger partial charge in [-0.15, -0.1) is 5.10 Å². The fourth-order valence-electron chi connectivity index (χ4n) is 3.14. The topological polar surface area (TPSA) is 73.8 Å². The molecule has 0 aliphatic heterocycles. The number of benzene rings is 2. The quantitative estimate of drug-likeness (QED) is 0.374. The van der Waals surface area contributed by atoms with E-state index in [0.29, 0.717) is 16.5 Å².